The van der Waals surface area contributed by atoms with Crippen molar-refractivity contribution in [1.29, 1.82) is 0 Å². The summed E-state index contributed by atoms with van der Waals surface area (Å²) >= 11 is 0. The van der Waals surface area contributed by atoms with E-state index in [4.69, 9.17) is 11.5 Å². The predicted molar refractivity (Wildman–Crippen MR) is 94.0 cm³/mol. The van der Waals surface area contributed by atoms with Gasteiger partial charge in [0.05, 0.1) is 5.41 Å². The highest BCUT2D eigenvalue weighted by Crippen LogP contribution is 2.39. The Labute approximate surface area is 140 Å². The van der Waals surface area contributed by atoms with Crippen LogP contribution in [0.2, 0.25) is 0 Å². The fraction of sp³-hybridized carbons (Fsp3) is 0.100. The largest absolute Gasteiger partial charge is 0.369 e. The molecule has 0 radical (unpaired) electrons. The maximum atomic E-state index is 12.3. The Morgan fingerprint density at radius 3 is 2.17 bits per heavy atom. The number of hydrogen-bond acceptors (Lipinski definition) is 2. The minimum Gasteiger partial charge on any atom is -0.369 e. The van der Waals surface area contributed by atoms with Gasteiger partial charge in [0.15, 0.2) is 0 Å². The Morgan fingerprint density at radius 1 is 0.917 bits per heavy atom. The topological polar surface area (TPSA) is 86.2 Å². The molecular formula is C20H18N2O2. The Hall–Kier alpha value is -3.14. The monoisotopic (exact) mass is 318 g/mol. The molecule has 2 aromatic rings. The molecule has 1 aliphatic carbocycles. The third kappa shape index (κ3) is 2.74. The van der Waals surface area contributed by atoms with Crippen molar-refractivity contribution in [3.8, 4) is 0 Å². The standard InChI is InChI=1S/C20H18N2O2/c21-18(23)15-10-8-14(9-11-15)16-5-4-12-20(13-16,19(22)24)17-6-2-1-3-7-17/h1-12H,13H2,(H2,21,23)(H2,22,24). The van der Waals surface area contributed by atoms with Gasteiger partial charge >= 0.3 is 0 Å². The van der Waals surface area contributed by atoms with E-state index in [1.807, 2.05) is 60.7 Å². The molecule has 0 spiro atoms. The molecule has 4 heteroatoms. The molecule has 1 atom stereocenters. The van der Waals surface area contributed by atoms with Gasteiger partial charge in [0.25, 0.3) is 0 Å². The Kier molecular flexibility index (Phi) is 4.04. The molecule has 0 bridgehead atoms. The minimum absolute atomic E-state index is 0.385. The number of carbonyl (C=O) groups is 2. The molecule has 24 heavy (non-hydrogen) atoms. The summed E-state index contributed by atoms with van der Waals surface area (Å²) in [5.41, 5.74) is 13.4. The number of hydrogen-bond donors (Lipinski definition) is 2. The lowest BCUT2D eigenvalue weighted by molar-refractivity contribution is -0.121. The van der Waals surface area contributed by atoms with E-state index in [0.717, 1.165) is 16.7 Å². The summed E-state index contributed by atoms with van der Waals surface area (Å²) in [6, 6.07) is 16.6. The van der Waals surface area contributed by atoms with Gasteiger partial charge in [-0.25, -0.2) is 0 Å². The van der Waals surface area contributed by atoms with Crippen LogP contribution in [0, 0.1) is 0 Å². The molecule has 0 heterocycles. The molecule has 4 nitrogen and oxygen atoms in total. The van der Waals surface area contributed by atoms with Crippen LogP contribution < -0.4 is 11.5 Å². The van der Waals surface area contributed by atoms with Crippen molar-refractivity contribution in [3.05, 3.63) is 89.5 Å². The number of rotatable bonds is 4. The van der Waals surface area contributed by atoms with E-state index < -0.39 is 11.3 Å². The van der Waals surface area contributed by atoms with Crippen LogP contribution in [0.1, 0.15) is 27.9 Å². The molecular weight excluding hydrogens is 300 g/mol. The van der Waals surface area contributed by atoms with Crippen molar-refractivity contribution in [1.82, 2.24) is 0 Å². The second kappa shape index (κ2) is 6.16. The van der Waals surface area contributed by atoms with Crippen molar-refractivity contribution in [3.63, 3.8) is 0 Å². The van der Waals surface area contributed by atoms with E-state index >= 15 is 0 Å². The van der Waals surface area contributed by atoms with Crippen LogP contribution in [0.15, 0.2) is 72.8 Å². The third-order valence-corrected chi connectivity index (χ3v) is 4.42. The van der Waals surface area contributed by atoms with Gasteiger partial charge in [-0.1, -0.05) is 60.7 Å². The number of allylic oxidation sites excluding steroid dienone is 3. The first-order valence-corrected chi connectivity index (χ1v) is 7.67. The summed E-state index contributed by atoms with van der Waals surface area (Å²) in [5.74, 6) is -0.848. The second-order valence-corrected chi connectivity index (χ2v) is 5.87. The fourth-order valence-corrected chi connectivity index (χ4v) is 3.04. The highest BCUT2D eigenvalue weighted by Gasteiger charge is 2.38. The summed E-state index contributed by atoms with van der Waals surface area (Å²) in [4.78, 5) is 23.5. The van der Waals surface area contributed by atoms with Gasteiger partial charge in [-0.15, -0.1) is 0 Å². The molecule has 0 aromatic heterocycles. The average molecular weight is 318 g/mol. The number of carbonyl (C=O) groups excluding carboxylic acids is 2. The summed E-state index contributed by atoms with van der Waals surface area (Å²) < 4.78 is 0. The van der Waals surface area contributed by atoms with Crippen molar-refractivity contribution in [2.24, 2.45) is 11.5 Å². The molecule has 0 saturated carbocycles. The van der Waals surface area contributed by atoms with Crippen LogP contribution in [-0.2, 0) is 10.2 Å². The molecule has 3 rings (SSSR count). The first kappa shape index (κ1) is 15.7. The first-order valence-electron chi connectivity index (χ1n) is 7.67. The van der Waals surface area contributed by atoms with E-state index in [9.17, 15) is 9.59 Å². The van der Waals surface area contributed by atoms with Crippen LogP contribution in [0.25, 0.3) is 5.57 Å². The summed E-state index contributed by atoms with van der Waals surface area (Å²) in [6.07, 6.45) is 6.15. The summed E-state index contributed by atoms with van der Waals surface area (Å²) in [6.45, 7) is 0. The first-order chi connectivity index (χ1) is 11.5. The minimum atomic E-state index is -0.867. The molecule has 2 amide bonds. The Morgan fingerprint density at radius 2 is 1.58 bits per heavy atom. The number of nitrogens with two attached hydrogens (primary N) is 2. The van der Waals surface area contributed by atoms with Gasteiger partial charge < -0.3 is 11.5 Å². The Bertz CT molecular complexity index is 836. The van der Waals surface area contributed by atoms with Crippen LogP contribution in [0.4, 0.5) is 0 Å². The molecule has 120 valence electrons. The van der Waals surface area contributed by atoms with Crippen molar-refractivity contribution < 1.29 is 9.59 Å². The predicted octanol–water partition coefficient (Wildman–Crippen LogP) is 2.55. The van der Waals surface area contributed by atoms with E-state index in [2.05, 4.69) is 0 Å². The smallest absolute Gasteiger partial charge is 0.248 e. The number of amides is 2. The zero-order valence-corrected chi connectivity index (χ0v) is 13.1. The average Bonchev–Trinajstić information content (AvgIpc) is 2.62. The number of benzene rings is 2. The van der Waals surface area contributed by atoms with E-state index in [0.29, 0.717) is 12.0 Å². The van der Waals surface area contributed by atoms with Gasteiger partial charge in [-0.2, -0.15) is 0 Å². The lowest BCUT2D eigenvalue weighted by Crippen LogP contribution is -2.40. The van der Waals surface area contributed by atoms with Crippen molar-refractivity contribution in [2.45, 2.75) is 11.8 Å². The zero-order valence-electron chi connectivity index (χ0n) is 13.1. The highest BCUT2D eigenvalue weighted by molar-refractivity contribution is 5.94. The molecule has 4 N–H and O–H groups in total. The molecule has 0 aliphatic heterocycles. The van der Waals surface area contributed by atoms with E-state index in [1.165, 1.54) is 0 Å². The number of primary amides is 2. The van der Waals surface area contributed by atoms with Crippen molar-refractivity contribution in [2.75, 3.05) is 0 Å². The zero-order chi connectivity index (χ0) is 17.2. The van der Waals surface area contributed by atoms with Crippen LogP contribution >= 0.6 is 0 Å². The SMILES string of the molecule is NC(=O)c1ccc(C2=CC=CC(C(N)=O)(c3ccccc3)C2)cc1. The van der Waals surface area contributed by atoms with Gasteiger partial charge in [0.2, 0.25) is 11.8 Å². The van der Waals surface area contributed by atoms with Gasteiger partial charge in [-0.3, -0.25) is 9.59 Å². The van der Waals surface area contributed by atoms with Gasteiger partial charge in [0.1, 0.15) is 0 Å². The van der Waals surface area contributed by atoms with Crippen molar-refractivity contribution >= 4 is 17.4 Å². The lowest BCUT2D eigenvalue weighted by atomic mass is 9.71. The molecule has 0 saturated heterocycles. The van der Waals surface area contributed by atoms with Crippen LogP contribution in [-0.4, -0.2) is 11.8 Å². The molecule has 1 unspecified atom stereocenters. The Balaban J connectivity index is 1.98. The third-order valence-electron chi connectivity index (χ3n) is 4.42. The molecule has 0 fully saturated rings. The van der Waals surface area contributed by atoms with Gasteiger partial charge in [0, 0.05) is 5.56 Å². The fourth-order valence-electron chi connectivity index (χ4n) is 3.04. The molecule has 2 aromatic carbocycles. The highest BCUT2D eigenvalue weighted by atomic mass is 16.1. The van der Waals surface area contributed by atoms with E-state index in [1.54, 1.807) is 12.1 Å². The maximum Gasteiger partial charge on any atom is 0.248 e. The van der Waals surface area contributed by atoms with E-state index in [-0.39, 0.29) is 5.91 Å². The van der Waals surface area contributed by atoms with Crippen LogP contribution in [0.5, 0.6) is 0 Å². The van der Waals surface area contributed by atoms with Crippen LogP contribution in [0.3, 0.4) is 0 Å². The second-order valence-electron chi connectivity index (χ2n) is 5.87. The maximum absolute atomic E-state index is 12.3. The molecule has 1 aliphatic rings. The van der Waals surface area contributed by atoms with Gasteiger partial charge in [-0.05, 0) is 35.3 Å². The quantitative estimate of drug-likeness (QED) is 0.907. The normalized spacial score (nSPS) is 19.6. The lowest BCUT2D eigenvalue weighted by Gasteiger charge is -2.31. The summed E-state index contributed by atoms with van der Waals surface area (Å²) in [5, 5.41) is 0. The summed E-state index contributed by atoms with van der Waals surface area (Å²) in [7, 11) is 0.